The maximum Gasteiger partial charge on any atom is 0.127 e. The Kier molecular flexibility index (Phi) is 4.97. The Bertz CT molecular complexity index is 578. The molecule has 0 aromatic heterocycles. The highest BCUT2D eigenvalue weighted by Crippen LogP contribution is 2.36. The summed E-state index contributed by atoms with van der Waals surface area (Å²) in [5.41, 5.74) is 1.04. The summed E-state index contributed by atoms with van der Waals surface area (Å²) in [6.07, 6.45) is 0.243. The van der Waals surface area contributed by atoms with E-state index in [1.807, 2.05) is 0 Å². The molecule has 0 amide bonds. The van der Waals surface area contributed by atoms with Gasteiger partial charge in [0, 0.05) is 10.6 Å². The third-order valence-corrected chi connectivity index (χ3v) is 4.34. The predicted molar refractivity (Wildman–Crippen MR) is 80.2 cm³/mol. The van der Waals surface area contributed by atoms with Gasteiger partial charge in [0.1, 0.15) is 5.82 Å². The van der Waals surface area contributed by atoms with Crippen molar-refractivity contribution in [3.63, 3.8) is 0 Å². The number of benzene rings is 2. The first-order chi connectivity index (χ1) is 9.00. The molecule has 100 valence electrons. The van der Waals surface area contributed by atoms with Crippen LogP contribution in [0.1, 0.15) is 16.5 Å². The van der Waals surface area contributed by atoms with Crippen LogP contribution in [-0.4, -0.2) is 0 Å². The van der Waals surface area contributed by atoms with E-state index in [1.165, 1.54) is 6.07 Å². The van der Waals surface area contributed by atoms with Crippen LogP contribution in [0.25, 0.3) is 0 Å². The quantitative estimate of drug-likeness (QED) is 0.576. The lowest BCUT2D eigenvalue weighted by Crippen LogP contribution is -2.00. The van der Waals surface area contributed by atoms with E-state index in [9.17, 15) is 4.39 Å². The van der Waals surface area contributed by atoms with E-state index < -0.39 is 5.38 Å². The van der Waals surface area contributed by atoms with Gasteiger partial charge < -0.3 is 0 Å². The number of rotatable bonds is 3. The molecule has 5 heteroatoms. The van der Waals surface area contributed by atoms with Crippen LogP contribution in [0.15, 0.2) is 36.4 Å². The fraction of sp³-hybridized carbons (Fsp3) is 0.143. The van der Waals surface area contributed by atoms with Gasteiger partial charge in [0.15, 0.2) is 0 Å². The van der Waals surface area contributed by atoms with Gasteiger partial charge in [-0.2, -0.15) is 0 Å². The zero-order chi connectivity index (χ0) is 14.0. The molecule has 0 saturated heterocycles. The summed E-state index contributed by atoms with van der Waals surface area (Å²) in [7, 11) is 0. The van der Waals surface area contributed by atoms with Crippen molar-refractivity contribution in [1.82, 2.24) is 0 Å². The van der Waals surface area contributed by atoms with E-state index in [2.05, 4.69) is 0 Å². The highest BCUT2D eigenvalue weighted by atomic mass is 35.5. The Labute approximate surface area is 131 Å². The summed E-state index contributed by atoms with van der Waals surface area (Å²) in [6, 6.07) is 9.72. The van der Waals surface area contributed by atoms with Gasteiger partial charge >= 0.3 is 0 Å². The zero-order valence-electron chi connectivity index (χ0n) is 9.64. The van der Waals surface area contributed by atoms with Gasteiger partial charge in [-0.3, -0.25) is 0 Å². The summed E-state index contributed by atoms with van der Waals surface area (Å²) in [5.74, 6) is -0.378. The van der Waals surface area contributed by atoms with Gasteiger partial charge in [-0.25, -0.2) is 4.39 Å². The molecule has 19 heavy (non-hydrogen) atoms. The molecule has 0 saturated carbocycles. The fourth-order valence-corrected chi connectivity index (χ4v) is 2.85. The highest BCUT2D eigenvalue weighted by Gasteiger charge is 2.17. The zero-order valence-corrected chi connectivity index (χ0v) is 12.7. The second-order valence-electron chi connectivity index (χ2n) is 4.01. The number of hydrogen-bond donors (Lipinski definition) is 0. The lowest BCUT2D eigenvalue weighted by Gasteiger charge is -2.14. The molecule has 0 aliphatic heterocycles. The second kappa shape index (κ2) is 6.32. The lowest BCUT2D eigenvalue weighted by atomic mass is 10.0. The molecule has 0 aliphatic rings. The molecule has 2 rings (SSSR count). The molecule has 1 atom stereocenters. The molecule has 0 heterocycles. The fourth-order valence-electron chi connectivity index (χ4n) is 1.78. The minimum atomic E-state index is -0.499. The van der Waals surface area contributed by atoms with Crippen molar-refractivity contribution in [2.75, 3.05) is 0 Å². The van der Waals surface area contributed by atoms with Crippen LogP contribution >= 0.6 is 46.4 Å². The third kappa shape index (κ3) is 3.35. The topological polar surface area (TPSA) is 0 Å². The van der Waals surface area contributed by atoms with Crippen LogP contribution in [0.5, 0.6) is 0 Å². The van der Waals surface area contributed by atoms with Gasteiger partial charge in [-0.1, -0.05) is 53.0 Å². The summed E-state index contributed by atoms with van der Waals surface area (Å²) in [5, 5.41) is 0.658. The van der Waals surface area contributed by atoms with Crippen molar-refractivity contribution in [2.45, 2.75) is 11.8 Å². The minimum Gasteiger partial charge on any atom is -0.207 e. The van der Waals surface area contributed by atoms with E-state index >= 15 is 0 Å². The largest absolute Gasteiger partial charge is 0.207 e. The molecule has 1 unspecified atom stereocenters. The molecular formula is C14H9Cl4F. The Morgan fingerprint density at radius 1 is 0.947 bits per heavy atom. The smallest absolute Gasteiger partial charge is 0.127 e. The second-order valence-corrected chi connectivity index (χ2v) is 5.73. The van der Waals surface area contributed by atoms with E-state index in [1.54, 1.807) is 30.3 Å². The van der Waals surface area contributed by atoms with Crippen molar-refractivity contribution in [3.05, 3.63) is 68.4 Å². The van der Waals surface area contributed by atoms with Crippen molar-refractivity contribution in [1.29, 1.82) is 0 Å². The Morgan fingerprint density at radius 3 is 2.26 bits per heavy atom. The molecule has 2 aromatic carbocycles. The summed E-state index contributed by atoms with van der Waals surface area (Å²) in [4.78, 5) is 0. The van der Waals surface area contributed by atoms with Crippen LogP contribution in [-0.2, 0) is 6.42 Å². The molecule has 0 nitrogen and oxygen atoms in total. The summed E-state index contributed by atoms with van der Waals surface area (Å²) >= 11 is 24.3. The maximum absolute atomic E-state index is 13.7. The maximum atomic E-state index is 13.7. The molecule has 2 aromatic rings. The average molecular weight is 338 g/mol. The molecule has 0 fully saturated rings. The van der Waals surface area contributed by atoms with Crippen LogP contribution < -0.4 is 0 Å². The predicted octanol–water partition coefficient (Wildman–Crippen LogP) is 6.31. The van der Waals surface area contributed by atoms with Crippen molar-refractivity contribution >= 4 is 46.4 Å². The van der Waals surface area contributed by atoms with E-state index in [0.29, 0.717) is 26.2 Å². The number of alkyl halides is 1. The summed E-state index contributed by atoms with van der Waals surface area (Å²) in [6.45, 7) is 0. The standard InChI is InChI=1S/C14H9Cl4F/c15-10-4-2-6-13(19)9(10)7-12(17)8-3-1-5-11(16)14(8)18/h1-6,12H,7H2. The van der Waals surface area contributed by atoms with E-state index in [0.717, 1.165) is 0 Å². The van der Waals surface area contributed by atoms with Crippen molar-refractivity contribution in [3.8, 4) is 0 Å². The van der Waals surface area contributed by atoms with Crippen LogP contribution in [0.3, 0.4) is 0 Å². The lowest BCUT2D eigenvalue weighted by molar-refractivity contribution is 0.607. The number of hydrogen-bond acceptors (Lipinski definition) is 0. The SMILES string of the molecule is Fc1cccc(Cl)c1CC(Cl)c1cccc(Cl)c1Cl. The highest BCUT2D eigenvalue weighted by molar-refractivity contribution is 6.43. The van der Waals surface area contributed by atoms with Crippen molar-refractivity contribution in [2.24, 2.45) is 0 Å². The van der Waals surface area contributed by atoms with Gasteiger partial charge in [0.25, 0.3) is 0 Å². The molecule has 0 aliphatic carbocycles. The number of halogens is 5. The third-order valence-electron chi connectivity index (χ3n) is 2.76. The van der Waals surface area contributed by atoms with Crippen LogP contribution in [0, 0.1) is 5.82 Å². The van der Waals surface area contributed by atoms with Gasteiger partial charge in [-0.15, -0.1) is 11.6 Å². The Morgan fingerprint density at radius 2 is 1.58 bits per heavy atom. The van der Waals surface area contributed by atoms with E-state index in [-0.39, 0.29) is 12.2 Å². The monoisotopic (exact) mass is 336 g/mol. The molecule has 0 spiro atoms. The first-order valence-electron chi connectivity index (χ1n) is 5.51. The van der Waals surface area contributed by atoms with Crippen LogP contribution in [0.2, 0.25) is 15.1 Å². The van der Waals surface area contributed by atoms with E-state index in [4.69, 9.17) is 46.4 Å². The Hall–Kier alpha value is -0.470. The van der Waals surface area contributed by atoms with Gasteiger partial charge in [-0.05, 0) is 30.2 Å². The summed E-state index contributed by atoms with van der Waals surface area (Å²) < 4.78 is 13.7. The van der Waals surface area contributed by atoms with Gasteiger partial charge in [0.2, 0.25) is 0 Å². The van der Waals surface area contributed by atoms with Crippen molar-refractivity contribution < 1.29 is 4.39 Å². The normalized spacial score (nSPS) is 12.5. The molecule has 0 bridgehead atoms. The minimum absolute atomic E-state index is 0.243. The first-order valence-corrected chi connectivity index (χ1v) is 7.08. The molecule has 0 radical (unpaired) electrons. The molecular weight excluding hydrogens is 329 g/mol. The van der Waals surface area contributed by atoms with Gasteiger partial charge in [0.05, 0.1) is 15.4 Å². The first kappa shape index (κ1) is 14.9. The Balaban J connectivity index is 2.31. The van der Waals surface area contributed by atoms with Crippen LogP contribution in [0.4, 0.5) is 4.39 Å². The average Bonchev–Trinajstić information content (AvgIpc) is 2.37. The molecule has 0 N–H and O–H groups in total.